The number of carbonyl (C=O) groups is 2. The maximum atomic E-state index is 12.9. The standard InChI is InChI=1S/C19H27NO3/c1-4-19(5-2,17(22)23)13-20-16(21)18(3)12-8-10-14-9-6-7-11-15(14)18/h6-7,9,11H,4-5,8,10,12-13H2,1-3H3,(H,20,21)(H,22,23). The Morgan fingerprint density at radius 2 is 1.91 bits per heavy atom. The van der Waals surface area contributed by atoms with Crippen LogP contribution in [-0.4, -0.2) is 23.5 Å². The number of hydrogen-bond acceptors (Lipinski definition) is 2. The number of carboxylic acids is 1. The number of hydrogen-bond donors (Lipinski definition) is 2. The molecule has 2 N–H and O–H groups in total. The molecule has 2 rings (SSSR count). The molecule has 0 saturated carbocycles. The van der Waals surface area contributed by atoms with E-state index < -0.39 is 16.8 Å². The highest BCUT2D eigenvalue weighted by Crippen LogP contribution is 2.37. The van der Waals surface area contributed by atoms with Crippen molar-refractivity contribution in [2.45, 2.75) is 58.3 Å². The molecule has 4 nitrogen and oxygen atoms in total. The number of rotatable bonds is 6. The second-order valence-electron chi connectivity index (χ2n) is 6.82. The molecule has 1 aliphatic carbocycles. The van der Waals surface area contributed by atoms with E-state index in [-0.39, 0.29) is 12.5 Å². The molecule has 1 unspecified atom stereocenters. The van der Waals surface area contributed by atoms with Crippen molar-refractivity contribution in [1.29, 1.82) is 0 Å². The molecule has 0 bridgehead atoms. The highest BCUT2D eigenvalue weighted by Gasteiger charge is 2.41. The monoisotopic (exact) mass is 317 g/mol. The minimum absolute atomic E-state index is 0.0582. The van der Waals surface area contributed by atoms with Crippen molar-refractivity contribution in [1.82, 2.24) is 5.32 Å². The number of carbonyl (C=O) groups excluding carboxylic acids is 1. The van der Waals surface area contributed by atoms with E-state index in [0.29, 0.717) is 12.8 Å². The minimum Gasteiger partial charge on any atom is -0.481 e. The lowest BCUT2D eigenvalue weighted by Gasteiger charge is -2.36. The van der Waals surface area contributed by atoms with Crippen molar-refractivity contribution in [2.24, 2.45) is 5.41 Å². The second-order valence-corrected chi connectivity index (χ2v) is 6.82. The summed E-state index contributed by atoms with van der Waals surface area (Å²) in [6.07, 6.45) is 3.79. The van der Waals surface area contributed by atoms with Gasteiger partial charge in [0.05, 0.1) is 10.8 Å². The van der Waals surface area contributed by atoms with E-state index in [2.05, 4.69) is 11.4 Å². The molecule has 0 heterocycles. The zero-order valence-electron chi connectivity index (χ0n) is 14.3. The first kappa shape index (κ1) is 17.5. The fraction of sp³-hybridized carbons (Fsp3) is 0.579. The molecule has 23 heavy (non-hydrogen) atoms. The molecule has 4 heteroatoms. The number of aliphatic carboxylic acids is 1. The van der Waals surface area contributed by atoms with Gasteiger partial charge in [-0.1, -0.05) is 38.1 Å². The largest absolute Gasteiger partial charge is 0.481 e. The van der Waals surface area contributed by atoms with Gasteiger partial charge < -0.3 is 10.4 Å². The average Bonchev–Trinajstić information content (AvgIpc) is 2.56. The predicted molar refractivity (Wildman–Crippen MR) is 90.4 cm³/mol. The van der Waals surface area contributed by atoms with Gasteiger partial charge in [0.1, 0.15) is 0 Å². The molecule has 0 radical (unpaired) electrons. The van der Waals surface area contributed by atoms with E-state index in [1.165, 1.54) is 5.56 Å². The molecule has 0 saturated heterocycles. The summed E-state index contributed by atoms with van der Waals surface area (Å²) in [5.74, 6) is -0.894. The zero-order chi connectivity index (χ0) is 17.1. The van der Waals surface area contributed by atoms with E-state index in [4.69, 9.17) is 0 Å². The van der Waals surface area contributed by atoms with Crippen molar-refractivity contribution >= 4 is 11.9 Å². The Kier molecular flexibility index (Phi) is 5.12. The molecule has 1 amide bonds. The summed E-state index contributed by atoms with van der Waals surface area (Å²) in [5.41, 5.74) is 0.866. The smallest absolute Gasteiger partial charge is 0.311 e. The SMILES string of the molecule is CCC(CC)(CNC(=O)C1(C)CCCc2ccccc21)C(=O)O. The molecule has 0 aromatic heterocycles. The summed E-state index contributed by atoms with van der Waals surface area (Å²) >= 11 is 0. The first-order chi connectivity index (χ1) is 10.9. The van der Waals surface area contributed by atoms with Gasteiger partial charge in [-0.3, -0.25) is 9.59 Å². The van der Waals surface area contributed by atoms with Crippen molar-refractivity contribution < 1.29 is 14.7 Å². The Morgan fingerprint density at radius 1 is 1.26 bits per heavy atom. The van der Waals surface area contributed by atoms with Gasteiger partial charge in [-0.15, -0.1) is 0 Å². The Hall–Kier alpha value is -1.84. The molecule has 126 valence electrons. The van der Waals surface area contributed by atoms with Gasteiger partial charge in [0.2, 0.25) is 5.91 Å². The summed E-state index contributed by atoms with van der Waals surface area (Å²) in [6, 6.07) is 8.08. The Morgan fingerprint density at radius 3 is 2.52 bits per heavy atom. The fourth-order valence-electron chi connectivity index (χ4n) is 3.60. The van der Waals surface area contributed by atoms with Crippen LogP contribution in [0.4, 0.5) is 0 Å². The summed E-state index contributed by atoms with van der Waals surface area (Å²) in [4.78, 5) is 24.5. The Labute approximate surface area is 138 Å². The molecule has 1 aromatic rings. The van der Waals surface area contributed by atoms with Crippen molar-refractivity contribution in [3.8, 4) is 0 Å². The maximum Gasteiger partial charge on any atom is 0.311 e. The van der Waals surface area contributed by atoms with Crippen LogP contribution in [0.3, 0.4) is 0 Å². The van der Waals surface area contributed by atoms with Crippen molar-refractivity contribution in [2.75, 3.05) is 6.54 Å². The van der Waals surface area contributed by atoms with E-state index in [0.717, 1.165) is 24.8 Å². The van der Waals surface area contributed by atoms with Crippen LogP contribution in [0.25, 0.3) is 0 Å². The lowest BCUT2D eigenvalue weighted by Crippen LogP contribution is -2.49. The summed E-state index contributed by atoms with van der Waals surface area (Å²) in [7, 11) is 0. The molecular weight excluding hydrogens is 290 g/mol. The summed E-state index contributed by atoms with van der Waals surface area (Å²) in [5, 5.41) is 12.5. The normalized spacial score (nSPS) is 20.7. The van der Waals surface area contributed by atoms with Gasteiger partial charge in [-0.05, 0) is 50.2 Å². The molecule has 1 atom stereocenters. The van der Waals surface area contributed by atoms with Crippen molar-refractivity contribution in [3.63, 3.8) is 0 Å². The predicted octanol–water partition coefficient (Wildman–Crippen LogP) is 3.29. The number of nitrogens with one attached hydrogen (secondary N) is 1. The minimum atomic E-state index is -0.875. The van der Waals surface area contributed by atoms with Crippen LogP contribution in [0.5, 0.6) is 0 Å². The quantitative estimate of drug-likeness (QED) is 0.846. The Bertz CT molecular complexity index is 592. The van der Waals surface area contributed by atoms with E-state index in [1.807, 2.05) is 39.0 Å². The molecular formula is C19H27NO3. The van der Waals surface area contributed by atoms with Crippen LogP contribution in [0.15, 0.2) is 24.3 Å². The van der Waals surface area contributed by atoms with E-state index in [9.17, 15) is 14.7 Å². The van der Waals surface area contributed by atoms with Gasteiger partial charge in [0.15, 0.2) is 0 Å². The fourth-order valence-corrected chi connectivity index (χ4v) is 3.60. The lowest BCUT2D eigenvalue weighted by atomic mass is 9.70. The number of fused-ring (bicyclic) bond motifs is 1. The van der Waals surface area contributed by atoms with Crippen LogP contribution in [0.2, 0.25) is 0 Å². The third-order valence-corrected chi connectivity index (χ3v) is 5.63. The summed E-state index contributed by atoms with van der Waals surface area (Å²) in [6.45, 7) is 5.88. The van der Waals surface area contributed by atoms with Crippen LogP contribution in [0.1, 0.15) is 57.6 Å². The molecule has 1 aromatic carbocycles. The van der Waals surface area contributed by atoms with E-state index >= 15 is 0 Å². The highest BCUT2D eigenvalue weighted by atomic mass is 16.4. The van der Waals surface area contributed by atoms with Gasteiger partial charge in [0.25, 0.3) is 0 Å². The third kappa shape index (κ3) is 3.12. The van der Waals surface area contributed by atoms with Gasteiger partial charge >= 0.3 is 5.97 Å². The number of aryl methyl sites for hydroxylation is 1. The molecule has 0 spiro atoms. The van der Waals surface area contributed by atoms with Crippen LogP contribution >= 0.6 is 0 Å². The first-order valence-corrected chi connectivity index (χ1v) is 8.49. The molecule has 0 aliphatic heterocycles. The Balaban J connectivity index is 2.20. The first-order valence-electron chi connectivity index (χ1n) is 8.49. The number of amides is 1. The van der Waals surface area contributed by atoms with Gasteiger partial charge in [-0.2, -0.15) is 0 Å². The second kappa shape index (κ2) is 6.73. The van der Waals surface area contributed by atoms with Crippen LogP contribution in [0, 0.1) is 5.41 Å². The highest BCUT2D eigenvalue weighted by molar-refractivity contribution is 5.89. The number of benzene rings is 1. The molecule has 0 fully saturated rings. The van der Waals surface area contributed by atoms with Gasteiger partial charge in [-0.25, -0.2) is 0 Å². The topological polar surface area (TPSA) is 66.4 Å². The number of carboxylic acid groups (broad SMARTS) is 1. The lowest BCUT2D eigenvalue weighted by molar-refractivity contribution is -0.149. The van der Waals surface area contributed by atoms with E-state index in [1.54, 1.807) is 0 Å². The van der Waals surface area contributed by atoms with Gasteiger partial charge in [0, 0.05) is 6.54 Å². The van der Waals surface area contributed by atoms with Crippen LogP contribution in [-0.2, 0) is 21.4 Å². The zero-order valence-corrected chi connectivity index (χ0v) is 14.3. The third-order valence-electron chi connectivity index (χ3n) is 5.63. The average molecular weight is 317 g/mol. The summed E-state index contributed by atoms with van der Waals surface area (Å²) < 4.78 is 0. The maximum absolute atomic E-state index is 12.9. The molecule has 1 aliphatic rings. The van der Waals surface area contributed by atoms with Crippen LogP contribution < -0.4 is 5.32 Å². The van der Waals surface area contributed by atoms with Crippen molar-refractivity contribution in [3.05, 3.63) is 35.4 Å².